The van der Waals surface area contributed by atoms with E-state index < -0.39 is 12.0 Å². The van der Waals surface area contributed by atoms with Crippen LogP contribution in [0.4, 0.5) is 8.78 Å². The van der Waals surface area contributed by atoms with Crippen molar-refractivity contribution in [3.05, 3.63) is 64.7 Å². The lowest BCUT2D eigenvalue weighted by molar-refractivity contribution is 0.149. The molecule has 0 saturated carbocycles. The van der Waals surface area contributed by atoms with Crippen LogP contribution in [0, 0.1) is 6.92 Å². The fourth-order valence-electron chi connectivity index (χ4n) is 3.27. The Morgan fingerprint density at radius 3 is 2.67 bits per heavy atom. The largest absolute Gasteiger partial charge is 0.462 e. The summed E-state index contributed by atoms with van der Waals surface area (Å²) in [6.07, 6.45) is -2.61. The van der Waals surface area contributed by atoms with E-state index in [4.69, 9.17) is 10.5 Å². The van der Waals surface area contributed by atoms with Crippen LogP contribution in [-0.4, -0.2) is 26.9 Å². The highest BCUT2D eigenvalue weighted by Crippen LogP contribution is 2.39. The van der Waals surface area contributed by atoms with Crippen molar-refractivity contribution in [2.45, 2.75) is 25.3 Å². The van der Waals surface area contributed by atoms with Gasteiger partial charge in [0.05, 0.1) is 0 Å². The maximum absolute atomic E-state index is 12.6. The van der Waals surface area contributed by atoms with Gasteiger partial charge in [0.15, 0.2) is 5.54 Å². The average Bonchev–Trinajstić information content (AvgIpc) is 2.90. The third-order valence-electron chi connectivity index (χ3n) is 4.35. The standard InChI is InChI=1S/C18H19BF2N2O/c1-11-7-12(8-16(20)21)5-6-15(11)18(10-24-17(22)23-18)13-3-2-4-14(19)9-13/h2-7,9,16H,8,10,19H2,1H3,(H2,22,23). The van der Waals surface area contributed by atoms with Crippen LogP contribution < -0.4 is 11.2 Å². The molecule has 0 amide bonds. The number of aliphatic imine (C=N–C) groups is 1. The molecule has 0 aromatic heterocycles. The lowest BCUT2D eigenvalue weighted by Gasteiger charge is -2.27. The van der Waals surface area contributed by atoms with Crippen LogP contribution in [0.3, 0.4) is 0 Å². The Balaban J connectivity index is 2.11. The first kappa shape index (κ1) is 16.5. The molecular weight excluding hydrogens is 309 g/mol. The summed E-state index contributed by atoms with van der Waals surface area (Å²) in [5.41, 5.74) is 9.59. The molecule has 1 atom stereocenters. The Labute approximate surface area is 141 Å². The van der Waals surface area contributed by atoms with Gasteiger partial charge < -0.3 is 10.5 Å². The highest BCUT2D eigenvalue weighted by molar-refractivity contribution is 6.32. The first-order valence-corrected chi connectivity index (χ1v) is 7.84. The van der Waals surface area contributed by atoms with E-state index in [9.17, 15) is 8.78 Å². The van der Waals surface area contributed by atoms with Gasteiger partial charge in [0.1, 0.15) is 14.5 Å². The van der Waals surface area contributed by atoms with E-state index in [1.807, 2.05) is 39.0 Å². The zero-order valence-electron chi connectivity index (χ0n) is 13.7. The second-order valence-electron chi connectivity index (χ2n) is 6.21. The van der Waals surface area contributed by atoms with Crippen molar-refractivity contribution in [1.29, 1.82) is 0 Å². The molecule has 0 bridgehead atoms. The number of nitrogens with zero attached hydrogens (tertiary/aromatic N) is 1. The first-order valence-electron chi connectivity index (χ1n) is 7.84. The summed E-state index contributed by atoms with van der Waals surface area (Å²) < 4.78 is 30.7. The minimum atomic E-state index is -2.36. The molecule has 0 aliphatic carbocycles. The van der Waals surface area contributed by atoms with Crippen LogP contribution in [0.15, 0.2) is 47.5 Å². The van der Waals surface area contributed by atoms with Gasteiger partial charge >= 0.3 is 0 Å². The maximum Gasteiger partial charge on any atom is 0.283 e. The number of amidine groups is 1. The quantitative estimate of drug-likeness (QED) is 0.868. The summed E-state index contributed by atoms with van der Waals surface area (Å²) >= 11 is 0. The fourth-order valence-corrected chi connectivity index (χ4v) is 3.27. The molecule has 0 spiro atoms. The number of alkyl halides is 2. The van der Waals surface area contributed by atoms with Gasteiger partial charge in [0.25, 0.3) is 6.02 Å². The molecule has 1 aliphatic rings. The van der Waals surface area contributed by atoms with Gasteiger partial charge in [-0.05, 0) is 29.2 Å². The maximum atomic E-state index is 12.6. The lowest BCUT2D eigenvalue weighted by atomic mass is 9.79. The third kappa shape index (κ3) is 3.00. The molecule has 1 heterocycles. The van der Waals surface area contributed by atoms with Crippen molar-refractivity contribution in [1.82, 2.24) is 0 Å². The molecule has 2 aromatic rings. The Morgan fingerprint density at radius 1 is 1.29 bits per heavy atom. The number of hydrogen-bond acceptors (Lipinski definition) is 3. The van der Waals surface area contributed by atoms with Crippen molar-refractivity contribution in [3.8, 4) is 0 Å². The molecule has 1 aliphatic heterocycles. The number of halogens is 2. The van der Waals surface area contributed by atoms with Crippen molar-refractivity contribution >= 4 is 19.3 Å². The van der Waals surface area contributed by atoms with E-state index >= 15 is 0 Å². The van der Waals surface area contributed by atoms with Crippen LogP contribution in [0.1, 0.15) is 22.3 Å². The van der Waals surface area contributed by atoms with Gasteiger partial charge in [-0.1, -0.05) is 47.9 Å². The SMILES string of the molecule is Bc1cccc(C2(c3ccc(CC(F)F)cc3C)COC(N)=N2)c1. The summed E-state index contributed by atoms with van der Waals surface area (Å²) in [6, 6.07) is 13.6. The number of benzene rings is 2. The molecule has 0 radical (unpaired) electrons. The monoisotopic (exact) mass is 328 g/mol. The van der Waals surface area contributed by atoms with Crippen molar-refractivity contribution < 1.29 is 13.5 Å². The van der Waals surface area contributed by atoms with E-state index in [2.05, 4.69) is 11.1 Å². The number of nitrogens with two attached hydrogens (primary N) is 1. The molecule has 24 heavy (non-hydrogen) atoms. The van der Waals surface area contributed by atoms with Gasteiger partial charge in [0, 0.05) is 6.42 Å². The molecule has 2 aromatic carbocycles. The number of ether oxygens (including phenoxy) is 1. The van der Waals surface area contributed by atoms with Gasteiger partial charge in [-0.15, -0.1) is 0 Å². The van der Waals surface area contributed by atoms with Gasteiger partial charge in [-0.25, -0.2) is 13.8 Å². The predicted molar refractivity (Wildman–Crippen MR) is 93.9 cm³/mol. The topological polar surface area (TPSA) is 47.6 Å². The molecule has 6 heteroatoms. The second-order valence-corrected chi connectivity index (χ2v) is 6.21. The molecule has 0 fully saturated rings. The molecule has 1 unspecified atom stereocenters. The lowest BCUT2D eigenvalue weighted by Crippen LogP contribution is -2.29. The zero-order valence-corrected chi connectivity index (χ0v) is 13.7. The second kappa shape index (κ2) is 6.26. The molecule has 0 saturated heterocycles. The highest BCUT2D eigenvalue weighted by atomic mass is 19.3. The summed E-state index contributed by atoms with van der Waals surface area (Å²) in [4.78, 5) is 4.58. The smallest absolute Gasteiger partial charge is 0.283 e. The van der Waals surface area contributed by atoms with E-state index in [-0.39, 0.29) is 12.4 Å². The van der Waals surface area contributed by atoms with Crippen LogP contribution in [0.2, 0.25) is 0 Å². The van der Waals surface area contributed by atoms with Gasteiger partial charge in [-0.3, -0.25) is 0 Å². The Kier molecular flexibility index (Phi) is 4.30. The summed E-state index contributed by atoms with van der Waals surface area (Å²) in [5, 5.41) is 0. The van der Waals surface area contributed by atoms with E-state index in [1.165, 1.54) is 0 Å². The molecule has 3 nitrogen and oxygen atoms in total. The van der Waals surface area contributed by atoms with E-state index in [0.29, 0.717) is 12.2 Å². The van der Waals surface area contributed by atoms with Crippen molar-refractivity contribution in [3.63, 3.8) is 0 Å². The Hall–Kier alpha value is -2.37. The molecule has 3 rings (SSSR count). The summed E-state index contributed by atoms with van der Waals surface area (Å²) in [5.74, 6) is 0. The Morgan fingerprint density at radius 2 is 2.08 bits per heavy atom. The molecule has 124 valence electrons. The number of aryl methyl sites for hydroxylation is 1. The molecule has 2 N–H and O–H groups in total. The minimum absolute atomic E-state index is 0.146. The Bertz CT molecular complexity index is 794. The average molecular weight is 328 g/mol. The normalized spacial score (nSPS) is 20.1. The first-order chi connectivity index (χ1) is 11.4. The zero-order chi connectivity index (χ0) is 17.3. The number of hydrogen-bond donors (Lipinski definition) is 1. The van der Waals surface area contributed by atoms with E-state index in [1.54, 1.807) is 12.1 Å². The minimum Gasteiger partial charge on any atom is -0.462 e. The van der Waals surface area contributed by atoms with Gasteiger partial charge in [0.2, 0.25) is 6.43 Å². The summed E-state index contributed by atoms with van der Waals surface area (Å²) in [7, 11) is 2.01. The predicted octanol–water partition coefficient (Wildman–Crippen LogP) is 1.65. The van der Waals surface area contributed by atoms with E-state index in [0.717, 1.165) is 22.2 Å². The van der Waals surface area contributed by atoms with Crippen LogP contribution in [-0.2, 0) is 16.7 Å². The van der Waals surface area contributed by atoms with Gasteiger partial charge in [-0.2, -0.15) is 0 Å². The molecular formula is C18H19BF2N2O. The van der Waals surface area contributed by atoms with Crippen LogP contribution in [0.5, 0.6) is 0 Å². The van der Waals surface area contributed by atoms with Crippen molar-refractivity contribution in [2.75, 3.05) is 6.61 Å². The number of rotatable bonds is 4. The fraction of sp³-hybridized carbons (Fsp3) is 0.278. The third-order valence-corrected chi connectivity index (χ3v) is 4.35. The highest BCUT2D eigenvalue weighted by Gasteiger charge is 2.41. The van der Waals surface area contributed by atoms with Crippen LogP contribution >= 0.6 is 0 Å². The van der Waals surface area contributed by atoms with Crippen LogP contribution in [0.25, 0.3) is 0 Å². The summed E-state index contributed by atoms with van der Waals surface area (Å²) in [6.45, 7) is 2.21. The van der Waals surface area contributed by atoms with Crippen molar-refractivity contribution in [2.24, 2.45) is 10.7 Å².